The first-order valence-electron chi connectivity index (χ1n) is 4.83. The standard InChI is InChI=1S/C11H11ClFN3/c1-6(13)10-7(3-2-4-9(10)12)8-5-15-16-11(8)14/h2-6H,1H3,(H3,14,15,16). The summed E-state index contributed by atoms with van der Waals surface area (Å²) in [6, 6.07) is 5.20. The van der Waals surface area contributed by atoms with Gasteiger partial charge >= 0.3 is 0 Å². The van der Waals surface area contributed by atoms with E-state index in [2.05, 4.69) is 10.2 Å². The number of nitrogens with two attached hydrogens (primary N) is 1. The second kappa shape index (κ2) is 4.14. The minimum absolute atomic E-state index is 0.396. The Morgan fingerprint density at radius 1 is 1.44 bits per heavy atom. The smallest absolute Gasteiger partial charge is 0.126 e. The predicted molar refractivity (Wildman–Crippen MR) is 63.0 cm³/mol. The summed E-state index contributed by atoms with van der Waals surface area (Å²) >= 11 is 5.98. The number of hydrogen-bond acceptors (Lipinski definition) is 2. The van der Waals surface area contributed by atoms with E-state index in [9.17, 15) is 4.39 Å². The fourth-order valence-electron chi connectivity index (χ4n) is 1.69. The van der Waals surface area contributed by atoms with Gasteiger partial charge in [0.1, 0.15) is 12.0 Å². The first kappa shape index (κ1) is 11.0. The largest absolute Gasteiger partial charge is 0.384 e. The molecule has 16 heavy (non-hydrogen) atoms. The highest BCUT2D eigenvalue weighted by Crippen LogP contribution is 2.36. The normalized spacial score (nSPS) is 12.7. The molecule has 3 nitrogen and oxygen atoms in total. The van der Waals surface area contributed by atoms with Gasteiger partial charge in [-0.15, -0.1) is 0 Å². The van der Waals surface area contributed by atoms with Crippen LogP contribution in [-0.2, 0) is 0 Å². The maximum absolute atomic E-state index is 13.5. The molecular formula is C11H11ClFN3. The van der Waals surface area contributed by atoms with Gasteiger partial charge in [0.25, 0.3) is 0 Å². The zero-order valence-electron chi connectivity index (χ0n) is 8.67. The monoisotopic (exact) mass is 239 g/mol. The van der Waals surface area contributed by atoms with E-state index < -0.39 is 6.17 Å². The van der Waals surface area contributed by atoms with Crippen molar-refractivity contribution in [2.75, 3.05) is 5.73 Å². The lowest BCUT2D eigenvalue weighted by Crippen LogP contribution is -1.94. The third-order valence-corrected chi connectivity index (χ3v) is 2.74. The summed E-state index contributed by atoms with van der Waals surface area (Å²) in [5, 5.41) is 6.82. The average Bonchev–Trinajstić information content (AvgIpc) is 2.63. The van der Waals surface area contributed by atoms with Gasteiger partial charge in [-0.1, -0.05) is 23.7 Å². The topological polar surface area (TPSA) is 54.7 Å². The molecule has 0 amide bonds. The molecule has 0 saturated heterocycles. The number of hydrogen-bond donors (Lipinski definition) is 2. The van der Waals surface area contributed by atoms with Crippen molar-refractivity contribution in [3.8, 4) is 11.1 Å². The predicted octanol–water partition coefficient (Wildman–Crippen LogP) is 3.34. The Hall–Kier alpha value is -1.55. The molecule has 1 atom stereocenters. The number of halogens is 2. The van der Waals surface area contributed by atoms with Crippen LogP contribution < -0.4 is 5.73 Å². The van der Waals surface area contributed by atoms with Crippen LogP contribution in [0, 0.1) is 0 Å². The van der Waals surface area contributed by atoms with E-state index in [1.807, 2.05) is 0 Å². The summed E-state index contributed by atoms with van der Waals surface area (Å²) in [5.41, 5.74) is 7.49. The number of nitrogens with one attached hydrogen (secondary N) is 1. The van der Waals surface area contributed by atoms with Crippen molar-refractivity contribution < 1.29 is 4.39 Å². The van der Waals surface area contributed by atoms with Crippen LogP contribution in [0.5, 0.6) is 0 Å². The fourth-order valence-corrected chi connectivity index (χ4v) is 2.01. The minimum Gasteiger partial charge on any atom is -0.384 e. The van der Waals surface area contributed by atoms with E-state index in [1.54, 1.807) is 24.4 Å². The second-order valence-electron chi connectivity index (χ2n) is 3.51. The Bertz CT molecular complexity index is 508. The Labute approximate surface area is 97.4 Å². The molecule has 1 heterocycles. The van der Waals surface area contributed by atoms with Gasteiger partial charge in [-0.3, -0.25) is 5.10 Å². The highest BCUT2D eigenvalue weighted by atomic mass is 35.5. The molecule has 1 aromatic carbocycles. The number of alkyl halides is 1. The first-order valence-corrected chi connectivity index (χ1v) is 5.20. The molecule has 5 heteroatoms. The molecular weight excluding hydrogens is 229 g/mol. The molecule has 0 spiro atoms. The molecule has 2 rings (SSSR count). The van der Waals surface area contributed by atoms with E-state index in [0.29, 0.717) is 27.5 Å². The fraction of sp³-hybridized carbons (Fsp3) is 0.182. The van der Waals surface area contributed by atoms with Gasteiger partial charge in [0.15, 0.2) is 0 Å². The van der Waals surface area contributed by atoms with Crippen LogP contribution in [0.3, 0.4) is 0 Å². The van der Waals surface area contributed by atoms with Crippen molar-refractivity contribution in [2.24, 2.45) is 0 Å². The molecule has 0 saturated carbocycles. The summed E-state index contributed by atoms with van der Waals surface area (Å²) in [7, 11) is 0. The molecule has 1 unspecified atom stereocenters. The van der Waals surface area contributed by atoms with Crippen LogP contribution >= 0.6 is 11.6 Å². The highest BCUT2D eigenvalue weighted by Gasteiger charge is 2.17. The quantitative estimate of drug-likeness (QED) is 0.845. The lowest BCUT2D eigenvalue weighted by Gasteiger charge is -2.11. The third kappa shape index (κ3) is 1.76. The maximum Gasteiger partial charge on any atom is 0.126 e. The zero-order chi connectivity index (χ0) is 11.7. The summed E-state index contributed by atoms with van der Waals surface area (Å²) in [5.74, 6) is 0.407. The Morgan fingerprint density at radius 2 is 2.19 bits per heavy atom. The van der Waals surface area contributed by atoms with Crippen molar-refractivity contribution >= 4 is 17.4 Å². The van der Waals surface area contributed by atoms with Crippen LogP contribution in [0.2, 0.25) is 5.02 Å². The lowest BCUT2D eigenvalue weighted by atomic mass is 9.99. The molecule has 0 aliphatic rings. The van der Waals surface area contributed by atoms with Gasteiger partial charge in [-0.05, 0) is 18.6 Å². The molecule has 3 N–H and O–H groups in total. The zero-order valence-corrected chi connectivity index (χ0v) is 9.42. The summed E-state index contributed by atoms with van der Waals surface area (Å²) < 4.78 is 13.5. The van der Waals surface area contributed by atoms with Crippen LogP contribution in [0.25, 0.3) is 11.1 Å². The van der Waals surface area contributed by atoms with E-state index >= 15 is 0 Å². The van der Waals surface area contributed by atoms with Crippen LogP contribution in [-0.4, -0.2) is 10.2 Å². The van der Waals surface area contributed by atoms with Crippen molar-refractivity contribution in [3.05, 3.63) is 35.0 Å². The Balaban J connectivity index is 2.66. The van der Waals surface area contributed by atoms with E-state index in [0.717, 1.165) is 0 Å². The number of H-pyrrole nitrogens is 1. The number of benzene rings is 1. The van der Waals surface area contributed by atoms with Gasteiger partial charge < -0.3 is 5.73 Å². The summed E-state index contributed by atoms with van der Waals surface area (Å²) in [6.45, 7) is 1.45. The number of aromatic nitrogens is 2. The van der Waals surface area contributed by atoms with Crippen LogP contribution in [0.1, 0.15) is 18.7 Å². The van der Waals surface area contributed by atoms with E-state index in [1.165, 1.54) is 6.92 Å². The molecule has 0 bridgehead atoms. The van der Waals surface area contributed by atoms with E-state index in [4.69, 9.17) is 17.3 Å². The van der Waals surface area contributed by atoms with Crippen molar-refractivity contribution in [2.45, 2.75) is 13.1 Å². The van der Waals surface area contributed by atoms with Crippen LogP contribution in [0.15, 0.2) is 24.4 Å². The van der Waals surface area contributed by atoms with Gasteiger partial charge in [0, 0.05) is 16.1 Å². The molecule has 0 fully saturated rings. The molecule has 0 aliphatic heterocycles. The molecule has 0 radical (unpaired) electrons. The Kier molecular flexibility index (Phi) is 2.83. The van der Waals surface area contributed by atoms with Gasteiger partial charge in [0.2, 0.25) is 0 Å². The van der Waals surface area contributed by atoms with Crippen molar-refractivity contribution in [3.63, 3.8) is 0 Å². The summed E-state index contributed by atoms with van der Waals surface area (Å²) in [4.78, 5) is 0. The molecule has 1 aromatic heterocycles. The Morgan fingerprint density at radius 3 is 2.75 bits per heavy atom. The van der Waals surface area contributed by atoms with Crippen LogP contribution in [0.4, 0.5) is 10.2 Å². The number of aromatic amines is 1. The number of anilines is 1. The number of nitrogens with zero attached hydrogens (tertiary/aromatic N) is 1. The SMILES string of the molecule is CC(F)c1c(Cl)cccc1-c1cn[nH]c1N. The number of nitrogen functional groups attached to an aromatic ring is 1. The molecule has 2 aromatic rings. The molecule has 84 valence electrons. The van der Waals surface area contributed by atoms with Gasteiger partial charge in [-0.25, -0.2) is 4.39 Å². The molecule has 0 aliphatic carbocycles. The van der Waals surface area contributed by atoms with Gasteiger partial charge in [0.05, 0.1) is 6.20 Å². The maximum atomic E-state index is 13.5. The number of rotatable bonds is 2. The van der Waals surface area contributed by atoms with Crippen molar-refractivity contribution in [1.82, 2.24) is 10.2 Å². The lowest BCUT2D eigenvalue weighted by molar-refractivity contribution is 0.375. The van der Waals surface area contributed by atoms with Crippen molar-refractivity contribution in [1.29, 1.82) is 0 Å². The minimum atomic E-state index is -1.15. The highest BCUT2D eigenvalue weighted by molar-refractivity contribution is 6.31. The summed E-state index contributed by atoms with van der Waals surface area (Å²) in [6.07, 6.45) is 0.408. The second-order valence-corrected chi connectivity index (χ2v) is 3.92. The van der Waals surface area contributed by atoms with E-state index in [-0.39, 0.29) is 0 Å². The van der Waals surface area contributed by atoms with Gasteiger partial charge in [-0.2, -0.15) is 5.10 Å². The average molecular weight is 240 g/mol. The first-order chi connectivity index (χ1) is 7.61. The third-order valence-electron chi connectivity index (χ3n) is 2.41.